The third kappa shape index (κ3) is 3.94. The smallest absolute Gasteiger partial charge is 0.410 e. The first kappa shape index (κ1) is 16.9. The van der Waals surface area contributed by atoms with E-state index in [4.69, 9.17) is 9.84 Å². The second-order valence-electron chi connectivity index (χ2n) is 5.34. The van der Waals surface area contributed by atoms with Gasteiger partial charge in [0.05, 0.1) is 22.2 Å². The third-order valence-corrected chi connectivity index (χ3v) is 3.94. The van der Waals surface area contributed by atoms with Gasteiger partial charge in [0.2, 0.25) is 0 Å². The van der Waals surface area contributed by atoms with Gasteiger partial charge in [0.1, 0.15) is 11.3 Å². The van der Waals surface area contributed by atoms with Gasteiger partial charge < -0.3 is 9.84 Å². The maximum absolute atomic E-state index is 11.9. The van der Waals surface area contributed by atoms with Crippen LogP contribution in [0.2, 0.25) is 0 Å². The molecule has 9 heteroatoms. The molecule has 1 aliphatic heterocycles. The number of nitrogens with zero attached hydrogens (tertiary/aromatic N) is 3. The molecule has 0 aliphatic carbocycles. The highest BCUT2D eigenvalue weighted by atomic mass is 32.2. The van der Waals surface area contributed by atoms with Crippen LogP contribution in [0.5, 0.6) is 5.75 Å². The highest BCUT2D eigenvalue weighted by Crippen LogP contribution is 2.28. The molecule has 0 unspecified atom stereocenters. The van der Waals surface area contributed by atoms with E-state index in [9.17, 15) is 9.59 Å². The fourth-order valence-electron chi connectivity index (χ4n) is 2.13. The lowest BCUT2D eigenvalue weighted by Gasteiger charge is -2.11. The van der Waals surface area contributed by atoms with E-state index < -0.39 is 12.0 Å². The minimum Gasteiger partial charge on any atom is -0.489 e. The number of fused-ring (bicyclic) bond motifs is 1. The fourth-order valence-corrected chi connectivity index (χ4v) is 2.92. The van der Waals surface area contributed by atoms with Crippen LogP contribution >= 0.6 is 11.8 Å². The van der Waals surface area contributed by atoms with Gasteiger partial charge in [0.25, 0.3) is 5.91 Å². The van der Waals surface area contributed by atoms with Crippen molar-refractivity contribution in [1.82, 2.24) is 15.3 Å². The average Bonchev–Trinajstić information content (AvgIpc) is 2.86. The lowest BCUT2D eigenvalue weighted by molar-refractivity contribution is -0.113. The van der Waals surface area contributed by atoms with Gasteiger partial charge in [-0.15, -0.1) is 0 Å². The van der Waals surface area contributed by atoms with Gasteiger partial charge in [-0.1, -0.05) is 0 Å². The molecule has 0 radical (unpaired) electrons. The van der Waals surface area contributed by atoms with Gasteiger partial charge in [-0.2, -0.15) is 4.99 Å². The lowest BCUT2D eigenvalue weighted by Crippen LogP contribution is -2.24. The number of aromatic nitrogens is 2. The number of carboxylic acid groups (broad SMARTS) is 1. The number of aliphatic imine (C=N–C) groups is 1. The van der Waals surface area contributed by atoms with E-state index in [2.05, 4.69) is 20.3 Å². The summed E-state index contributed by atoms with van der Waals surface area (Å²) in [6.07, 6.45) is 1.91. The Kier molecular flexibility index (Phi) is 4.66. The van der Waals surface area contributed by atoms with Gasteiger partial charge in [0, 0.05) is 12.3 Å². The van der Waals surface area contributed by atoms with Crippen molar-refractivity contribution in [2.75, 3.05) is 0 Å². The van der Waals surface area contributed by atoms with Crippen LogP contribution in [0.25, 0.3) is 17.1 Å². The SMILES string of the molecule is CC(C)Oc1ccnc2ccc(C=C3SC(NC(=O)O)=NC3=O)nc12. The summed E-state index contributed by atoms with van der Waals surface area (Å²) in [4.78, 5) is 35.2. The molecule has 25 heavy (non-hydrogen) atoms. The molecule has 8 nitrogen and oxygen atoms in total. The van der Waals surface area contributed by atoms with Crippen molar-refractivity contribution in [2.45, 2.75) is 20.0 Å². The van der Waals surface area contributed by atoms with Gasteiger partial charge >= 0.3 is 6.09 Å². The predicted octanol–water partition coefficient (Wildman–Crippen LogP) is 2.65. The summed E-state index contributed by atoms with van der Waals surface area (Å²) in [7, 11) is 0. The van der Waals surface area contributed by atoms with E-state index in [0.717, 1.165) is 11.8 Å². The number of hydrogen-bond acceptors (Lipinski definition) is 6. The largest absolute Gasteiger partial charge is 0.489 e. The van der Waals surface area contributed by atoms with Crippen LogP contribution < -0.4 is 10.1 Å². The van der Waals surface area contributed by atoms with Crippen LogP contribution in [-0.4, -0.2) is 38.3 Å². The third-order valence-electron chi connectivity index (χ3n) is 3.04. The Balaban J connectivity index is 1.92. The van der Waals surface area contributed by atoms with Crippen molar-refractivity contribution < 1.29 is 19.4 Å². The van der Waals surface area contributed by atoms with E-state index in [0.29, 0.717) is 22.5 Å². The monoisotopic (exact) mass is 358 g/mol. The molecule has 0 fully saturated rings. The Morgan fingerprint density at radius 1 is 1.36 bits per heavy atom. The van der Waals surface area contributed by atoms with Gasteiger partial charge in [0.15, 0.2) is 5.17 Å². The molecule has 128 valence electrons. The molecule has 3 heterocycles. The van der Waals surface area contributed by atoms with Crippen molar-refractivity contribution >= 4 is 46.0 Å². The summed E-state index contributed by atoms with van der Waals surface area (Å²) in [6.45, 7) is 3.83. The summed E-state index contributed by atoms with van der Waals surface area (Å²) < 4.78 is 5.74. The summed E-state index contributed by atoms with van der Waals surface area (Å²) in [5.74, 6) is 0.0932. The summed E-state index contributed by atoms with van der Waals surface area (Å²) >= 11 is 0.945. The van der Waals surface area contributed by atoms with Crippen molar-refractivity contribution in [2.24, 2.45) is 4.99 Å². The molecule has 2 aromatic rings. The maximum Gasteiger partial charge on any atom is 0.410 e. The number of carbonyl (C=O) groups excluding carboxylic acids is 1. The van der Waals surface area contributed by atoms with E-state index in [1.807, 2.05) is 13.8 Å². The number of ether oxygens (including phenoxy) is 1. The molecule has 0 aromatic carbocycles. The van der Waals surface area contributed by atoms with E-state index in [1.54, 1.807) is 30.5 Å². The number of amides is 2. The van der Waals surface area contributed by atoms with Crippen LogP contribution in [0.1, 0.15) is 19.5 Å². The zero-order chi connectivity index (χ0) is 18.0. The highest BCUT2D eigenvalue weighted by molar-refractivity contribution is 8.18. The zero-order valence-electron chi connectivity index (χ0n) is 13.4. The van der Waals surface area contributed by atoms with Crippen LogP contribution in [0.3, 0.4) is 0 Å². The minimum absolute atomic E-state index is 0.0144. The molecular formula is C16H14N4O4S. The summed E-state index contributed by atoms with van der Waals surface area (Å²) in [5.41, 5.74) is 1.79. The zero-order valence-corrected chi connectivity index (χ0v) is 14.2. The van der Waals surface area contributed by atoms with Crippen LogP contribution in [-0.2, 0) is 4.79 Å². The Hall–Kier alpha value is -2.94. The molecule has 0 saturated carbocycles. The van der Waals surface area contributed by atoms with Gasteiger partial charge in [-0.3, -0.25) is 15.1 Å². The Morgan fingerprint density at radius 3 is 2.88 bits per heavy atom. The number of pyridine rings is 2. The Morgan fingerprint density at radius 2 is 2.16 bits per heavy atom. The maximum atomic E-state index is 11.9. The van der Waals surface area contributed by atoms with E-state index in [-0.39, 0.29) is 16.2 Å². The normalized spacial score (nSPS) is 15.7. The molecule has 0 atom stereocenters. The second-order valence-corrected chi connectivity index (χ2v) is 6.37. The Labute approximate surface area is 147 Å². The first-order chi connectivity index (χ1) is 11.9. The van der Waals surface area contributed by atoms with Crippen molar-refractivity contribution in [1.29, 1.82) is 0 Å². The topological polar surface area (TPSA) is 114 Å². The number of carbonyl (C=O) groups is 2. The molecule has 1 aliphatic rings. The second kappa shape index (κ2) is 6.89. The minimum atomic E-state index is -1.27. The standard InChI is InChI=1S/C16H14N4O4S/c1-8(2)24-11-5-6-17-10-4-3-9(18-13(10)11)7-12-14(21)19-15(25-12)20-16(22)23/h3-8H,1-2H3,(H,22,23)(H,19,20,21). The fraction of sp³-hybridized carbons (Fsp3) is 0.188. The van der Waals surface area contributed by atoms with E-state index in [1.165, 1.54) is 0 Å². The number of rotatable bonds is 3. The molecule has 3 rings (SSSR count). The number of hydrogen-bond donors (Lipinski definition) is 2. The molecule has 2 N–H and O–H groups in total. The molecular weight excluding hydrogens is 344 g/mol. The molecule has 2 aromatic heterocycles. The summed E-state index contributed by atoms with van der Waals surface area (Å²) in [6, 6.07) is 5.24. The van der Waals surface area contributed by atoms with Crippen LogP contribution in [0.15, 0.2) is 34.3 Å². The van der Waals surface area contributed by atoms with Gasteiger partial charge in [-0.05, 0) is 43.8 Å². The number of thioether (sulfide) groups is 1. The van der Waals surface area contributed by atoms with Crippen molar-refractivity contribution in [3.8, 4) is 5.75 Å². The van der Waals surface area contributed by atoms with E-state index >= 15 is 0 Å². The first-order valence-corrected chi connectivity index (χ1v) is 8.19. The molecule has 2 amide bonds. The first-order valence-electron chi connectivity index (χ1n) is 7.37. The Bertz CT molecular complexity index is 923. The number of nitrogens with one attached hydrogen (secondary N) is 1. The summed E-state index contributed by atoms with van der Waals surface area (Å²) in [5, 5.41) is 10.8. The molecule has 0 bridgehead atoms. The average molecular weight is 358 g/mol. The number of amidine groups is 1. The predicted molar refractivity (Wildman–Crippen MR) is 94.5 cm³/mol. The van der Waals surface area contributed by atoms with Crippen LogP contribution in [0, 0.1) is 0 Å². The molecule has 0 spiro atoms. The van der Waals surface area contributed by atoms with Crippen LogP contribution in [0.4, 0.5) is 4.79 Å². The molecule has 0 saturated heterocycles. The van der Waals surface area contributed by atoms with Crippen molar-refractivity contribution in [3.63, 3.8) is 0 Å². The van der Waals surface area contributed by atoms with Gasteiger partial charge in [-0.25, -0.2) is 9.78 Å². The quantitative estimate of drug-likeness (QED) is 0.811. The highest BCUT2D eigenvalue weighted by Gasteiger charge is 2.23. The van der Waals surface area contributed by atoms with Crippen molar-refractivity contribution in [3.05, 3.63) is 35.0 Å². The lowest BCUT2D eigenvalue weighted by atomic mass is 10.2.